The van der Waals surface area contributed by atoms with E-state index < -0.39 is 0 Å². The molecule has 1 heterocycles. The Morgan fingerprint density at radius 1 is 1.44 bits per heavy atom. The van der Waals surface area contributed by atoms with Gasteiger partial charge in [0.2, 0.25) is 0 Å². The van der Waals surface area contributed by atoms with Gasteiger partial charge >= 0.3 is 5.69 Å². The Balaban J connectivity index is 2.47. The lowest BCUT2D eigenvalue weighted by Gasteiger charge is -2.11. The van der Waals surface area contributed by atoms with Gasteiger partial charge in [0.05, 0.1) is 11.0 Å². The second kappa shape index (κ2) is 4.88. The van der Waals surface area contributed by atoms with Crippen molar-refractivity contribution in [3.63, 3.8) is 0 Å². The van der Waals surface area contributed by atoms with Gasteiger partial charge in [0.15, 0.2) is 0 Å². The maximum Gasteiger partial charge on any atom is 0.313 e. The van der Waals surface area contributed by atoms with Crippen LogP contribution in [0.25, 0.3) is 0 Å². The summed E-state index contributed by atoms with van der Waals surface area (Å²) in [7, 11) is 0. The van der Waals surface area contributed by atoms with E-state index in [-0.39, 0.29) is 22.4 Å². The van der Waals surface area contributed by atoms with Gasteiger partial charge in [-0.2, -0.15) is 5.10 Å². The van der Waals surface area contributed by atoms with Crippen LogP contribution in [0.1, 0.15) is 50.5 Å². The van der Waals surface area contributed by atoms with E-state index in [2.05, 4.69) is 5.10 Å². The van der Waals surface area contributed by atoms with Crippen LogP contribution in [-0.2, 0) is 17.6 Å². The molecule has 0 saturated heterocycles. The zero-order chi connectivity index (χ0) is 13.3. The van der Waals surface area contributed by atoms with E-state index in [0.717, 1.165) is 6.42 Å². The summed E-state index contributed by atoms with van der Waals surface area (Å²) < 4.78 is 1.72. The summed E-state index contributed by atoms with van der Waals surface area (Å²) in [6.45, 7) is 3.75. The molecule has 98 valence electrons. The number of Topliss-reactive ketones (excluding diaryl/α,β-unsaturated/α-hetero) is 1. The predicted octanol–water partition coefficient (Wildman–Crippen LogP) is 2.21. The normalized spacial score (nSPS) is 19.4. The number of aromatic nitrogens is 2. The minimum absolute atomic E-state index is 0.00597. The number of nitrogens with zero attached hydrogens (tertiary/aromatic N) is 3. The van der Waals surface area contributed by atoms with Crippen LogP contribution in [-0.4, -0.2) is 20.5 Å². The first kappa shape index (κ1) is 12.7. The summed E-state index contributed by atoms with van der Waals surface area (Å²) in [4.78, 5) is 22.1. The van der Waals surface area contributed by atoms with Crippen LogP contribution in [0.4, 0.5) is 5.69 Å². The number of hydrogen-bond acceptors (Lipinski definition) is 4. The highest BCUT2D eigenvalue weighted by Crippen LogP contribution is 2.33. The molecule has 6 heteroatoms. The summed E-state index contributed by atoms with van der Waals surface area (Å²) in [5, 5.41) is 15.5. The first-order chi connectivity index (χ1) is 8.58. The van der Waals surface area contributed by atoms with Gasteiger partial charge in [-0.25, -0.2) is 0 Å². The van der Waals surface area contributed by atoms with Crippen LogP contribution >= 0.6 is 0 Å². The maximum absolute atomic E-state index is 11.3. The fraction of sp³-hybridized carbons (Fsp3) is 0.667. The van der Waals surface area contributed by atoms with Crippen molar-refractivity contribution in [2.75, 3.05) is 0 Å². The van der Waals surface area contributed by atoms with Crippen molar-refractivity contribution >= 4 is 11.5 Å². The molecule has 2 rings (SSSR count). The molecule has 1 fully saturated rings. The zero-order valence-corrected chi connectivity index (χ0v) is 10.7. The van der Waals surface area contributed by atoms with Gasteiger partial charge in [-0.15, -0.1) is 0 Å². The molecule has 1 aliphatic rings. The minimum atomic E-state index is -0.349. The Kier molecular flexibility index (Phi) is 3.45. The molecule has 1 unspecified atom stereocenters. The predicted molar refractivity (Wildman–Crippen MR) is 65.5 cm³/mol. The number of rotatable bonds is 4. The average molecular weight is 251 g/mol. The summed E-state index contributed by atoms with van der Waals surface area (Å²) in [5.74, 6) is 0.221. The smallest absolute Gasteiger partial charge is 0.300 e. The topological polar surface area (TPSA) is 78.0 Å². The second-order valence-electron chi connectivity index (χ2n) is 4.59. The fourth-order valence-electron chi connectivity index (χ4n) is 2.60. The molecule has 1 aromatic heterocycles. The fourth-order valence-corrected chi connectivity index (χ4v) is 2.60. The molecule has 0 radical (unpaired) electrons. The van der Waals surface area contributed by atoms with E-state index in [1.54, 1.807) is 4.68 Å². The molecule has 0 N–H and O–H groups in total. The van der Waals surface area contributed by atoms with Crippen LogP contribution in [0.5, 0.6) is 0 Å². The molecule has 0 bridgehead atoms. The van der Waals surface area contributed by atoms with E-state index >= 15 is 0 Å². The summed E-state index contributed by atoms with van der Waals surface area (Å²) in [6, 6.07) is 0.00597. The number of ketones is 1. The Morgan fingerprint density at radius 3 is 2.61 bits per heavy atom. The van der Waals surface area contributed by atoms with E-state index in [0.29, 0.717) is 37.1 Å². The average Bonchev–Trinajstić information content (AvgIpc) is 2.91. The van der Waals surface area contributed by atoms with Crippen LogP contribution < -0.4 is 0 Å². The molecule has 0 aromatic carbocycles. The lowest BCUT2D eigenvalue weighted by atomic mass is 10.2. The van der Waals surface area contributed by atoms with E-state index in [4.69, 9.17) is 0 Å². The third-order valence-corrected chi connectivity index (χ3v) is 3.47. The Morgan fingerprint density at radius 2 is 2.17 bits per heavy atom. The molecular weight excluding hydrogens is 234 g/mol. The van der Waals surface area contributed by atoms with Gasteiger partial charge in [-0.3, -0.25) is 19.6 Å². The highest BCUT2D eigenvalue weighted by Gasteiger charge is 2.32. The van der Waals surface area contributed by atoms with Gasteiger partial charge in [0.25, 0.3) is 0 Å². The molecule has 1 saturated carbocycles. The van der Waals surface area contributed by atoms with E-state index in [1.165, 1.54) is 0 Å². The van der Waals surface area contributed by atoms with Crippen molar-refractivity contribution in [3.05, 3.63) is 21.5 Å². The van der Waals surface area contributed by atoms with E-state index in [1.807, 2.05) is 13.8 Å². The molecule has 1 aliphatic carbocycles. The summed E-state index contributed by atoms with van der Waals surface area (Å²) >= 11 is 0. The monoisotopic (exact) mass is 251 g/mol. The van der Waals surface area contributed by atoms with E-state index in [9.17, 15) is 14.9 Å². The van der Waals surface area contributed by atoms with Crippen LogP contribution in [0, 0.1) is 10.1 Å². The quantitative estimate of drug-likeness (QED) is 0.607. The van der Waals surface area contributed by atoms with Crippen molar-refractivity contribution < 1.29 is 9.72 Å². The summed E-state index contributed by atoms with van der Waals surface area (Å²) in [5.41, 5.74) is 1.31. The Labute approximate surface area is 105 Å². The van der Waals surface area contributed by atoms with Crippen LogP contribution in [0.15, 0.2) is 0 Å². The number of carbonyl (C=O) groups excluding carboxylic acids is 1. The number of nitro groups is 1. The highest BCUT2D eigenvalue weighted by molar-refractivity contribution is 5.80. The van der Waals surface area contributed by atoms with Gasteiger partial charge in [-0.1, -0.05) is 13.8 Å². The summed E-state index contributed by atoms with van der Waals surface area (Å²) in [6.07, 6.45) is 2.86. The first-order valence-corrected chi connectivity index (χ1v) is 6.34. The van der Waals surface area contributed by atoms with Gasteiger partial charge in [0, 0.05) is 12.8 Å². The molecule has 6 nitrogen and oxygen atoms in total. The lowest BCUT2D eigenvalue weighted by Crippen LogP contribution is -2.11. The number of hydrogen-bond donors (Lipinski definition) is 0. The SMILES string of the molecule is CCc1nn(C2CCC(=O)C2)c(CC)c1[N+](=O)[O-]. The largest absolute Gasteiger partial charge is 0.313 e. The van der Waals surface area contributed by atoms with Gasteiger partial charge in [-0.05, 0) is 19.3 Å². The van der Waals surface area contributed by atoms with Gasteiger partial charge < -0.3 is 0 Å². The van der Waals surface area contributed by atoms with Crippen molar-refractivity contribution in [1.29, 1.82) is 0 Å². The Bertz CT molecular complexity index is 493. The first-order valence-electron chi connectivity index (χ1n) is 6.34. The minimum Gasteiger partial charge on any atom is -0.300 e. The van der Waals surface area contributed by atoms with Crippen LogP contribution in [0.3, 0.4) is 0 Å². The van der Waals surface area contributed by atoms with Gasteiger partial charge in [0.1, 0.15) is 17.2 Å². The Hall–Kier alpha value is -1.72. The lowest BCUT2D eigenvalue weighted by molar-refractivity contribution is -0.386. The van der Waals surface area contributed by atoms with Crippen molar-refractivity contribution in [1.82, 2.24) is 9.78 Å². The molecule has 0 amide bonds. The standard InChI is InChI=1S/C12H17N3O3/c1-3-10-12(15(17)18)11(4-2)14(13-10)8-5-6-9(16)7-8/h8H,3-7H2,1-2H3. The molecule has 0 aliphatic heterocycles. The number of carbonyl (C=O) groups is 1. The highest BCUT2D eigenvalue weighted by atomic mass is 16.6. The molecular formula is C12H17N3O3. The third kappa shape index (κ3) is 2.02. The number of aryl methyl sites for hydroxylation is 1. The zero-order valence-electron chi connectivity index (χ0n) is 10.7. The van der Waals surface area contributed by atoms with Crippen molar-refractivity contribution in [3.8, 4) is 0 Å². The van der Waals surface area contributed by atoms with Crippen molar-refractivity contribution in [2.24, 2.45) is 0 Å². The molecule has 1 atom stereocenters. The molecule has 0 spiro atoms. The molecule has 18 heavy (non-hydrogen) atoms. The third-order valence-electron chi connectivity index (χ3n) is 3.47. The molecule has 1 aromatic rings. The maximum atomic E-state index is 11.3. The van der Waals surface area contributed by atoms with Crippen LogP contribution in [0.2, 0.25) is 0 Å². The van der Waals surface area contributed by atoms with Crippen molar-refractivity contribution in [2.45, 2.75) is 52.0 Å². The second-order valence-corrected chi connectivity index (χ2v) is 4.59.